The summed E-state index contributed by atoms with van der Waals surface area (Å²) in [4.78, 5) is 4.73. The van der Waals surface area contributed by atoms with Gasteiger partial charge in [0.25, 0.3) is 0 Å². The summed E-state index contributed by atoms with van der Waals surface area (Å²) in [5, 5.41) is 5.56. The first-order chi connectivity index (χ1) is 9.95. The van der Waals surface area contributed by atoms with Crippen LogP contribution in [0.3, 0.4) is 0 Å². The molecule has 2 nitrogen and oxygen atoms in total. The van der Waals surface area contributed by atoms with Gasteiger partial charge >= 0.3 is 0 Å². The number of rotatable bonds is 2. The molecule has 1 aromatic heterocycles. The molecule has 0 radical (unpaired) electrons. The van der Waals surface area contributed by atoms with Crippen LogP contribution in [0.1, 0.15) is 43.1 Å². The van der Waals surface area contributed by atoms with Crippen molar-refractivity contribution in [3.05, 3.63) is 64.1 Å². The Morgan fingerprint density at radius 2 is 1.76 bits per heavy atom. The van der Waals surface area contributed by atoms with Crippen molar-refractivity contribution in [2.45, 2.75) is 32.2 Å². The highest BCUT2D eigenvalue weighted by atomic mass is 32.1. The fourth-order valence-corrected chi connectivity index (χ4v) is 3.39. The van der Waals surface area contributed by atoms with Crippen LogP contribution in [0.5, 0.6) is 0 Å². The summed E-state index contributed by atoms with van der Waals surface area (Å²) in [6.07, 6.45) is 0. The molecular weight excluding hydrogens is 276 g/mol. The van der Waals surface area contributed by atoms with Gasteiger partial charge in [0, 0.05) is 10.8 Å². The van der Waals surface area contributed by atoms with Crippen molar-refractivity contribution in [1.29, 1.82) is 0 Å². The van der Waals surface area contributed by atoms with Crippen molar-refractivity contribution < 1.29 is 0 Å². The molecule has 0 saturated heterocycles. The Bertz CT molecular complexity index is 768. The predicted molar refractivity (Wildman–Crippen MR) is 90.8 cm³/mol. The SMILES string of the molecule is CC(C)(C)c1csc(C(N)c2ccc3ccccc3c2)n1. The normalized spacial score (nSPS) is 13.5. The van der Waals surface area contributed by atoms with Gasteiger partial charge in [0.05, 0.1) is 11.7 Å². The lowest BCUT2D eigenvalue weighted by Crippen LogP contribution is -2.15. The molecule has 0 bridgehead atoms. The zero-order chi connectivity index (χ0) is 15.0. The lowest BCUT2D eigenvalue weighted by Gasteiger charge is -2.15. The molecule has 21 heavy (non-hydrogen) atoms. The number of fused-ring (bicyclic) bond motifs is 1. The van der Waals surface area contributed by atoms with Gasteiger partial charge < -0.3 is 5.73 Å². The number of hydrogen-bond donors (Lipinski definition) is 1. The third-order valence-corrected chi connectivity index (χ3v) is 4.62. The Balaban J connectivity index is 1.96. The zero-order valence-corrected chi connectivity index (χ0v) is 13.4. The van der Waals surface area contributed by atoms with Gasteiger partial charge in [-0.3, -0.25) is 0 Å². The van der Waals surface area contributed by atoms with Gasteiger partial charge in [-0.1, -0.05) is 57.2 Å². The van der Waals surface area contributed by atoms with E-state index in [-0.39, 0.29) is 11.5 Å². The van der Waals surface area contributed by atoms with Crippen molar-refractivity contribution in [1.82, 2.24) is 4.98 Å². The monoisotopic (exact) mass is 296 g/mol. The van der Waals surface area contributed by atoms with E-state index in [1.165, 1.54) is 10.8 Å². The molecule has 0 aliphatic heterocycles. The van der Waals surface area contributed by atoms with Crippen molar-refractivity contribution >= 4 is 22.1 Å². The zero-order valence-electron chi connectivity index (χ0n) is 12.6. The van der Waals surface area contributed by atoms with E-state index in [0.29, 0.717) is 0 Å². The van der Waals surface area contributed by atoms with Crippen LogP contribution in [0.25, 0.3) is 10.8 Å². The van der Waals surface area contributed by atoms with Crippen LogP contribution in [-0.4, -0.2) is 4.98 Å². The lowest BCUT2D eigenvalue weighted by molar-refractivity contribution is 0.569. The van der Waals surface area contributed by atoms with Gasteiger partial charge in [-0.05, 0) is 22.4 Å². The summed E-state index contributed by atoms with van der Waals surface area (Å²) in [6, 6.07) is 14.6. The maximum atomic E-state index is 6.41. The fraction of sp³-hybridized carbons (Fsp3) is 0.278. The number of hydrogen-bond acceptors (Lipinski definition) is 3. The summed E-state index contributed by atoms with van der Waals surface area (Å²) in [5.41, 5.74) is 8.70. The number of nitrogens with two attached hydrogens (primary N) is 1. The van der Waals surface area contributed by atoms with Crippen LogP contribution in [-0.2, 0) is 5.41 Å². The predicted octanol–water partition coefficient (Wildman–Crippen LogP) is 4.64. The van der Waals surface area contributed by atoms with Crippen LogP contribution in [0.4, 0.5) is 0 Å². The molecule has 108 valence electrons. The minimum Gasteiger partial charge on any atom is -0.318 e. The van der Waals surface area contributed by atoms with Gasteiger partial charge in [-0.15, -0.1) is 11.3 Å². The average molecular weight is 296 g/mol. The van der Waals surface area contributed by atoms with E-state index in [1.54, 1.807) is 11.3 Å². The standard InChI is InChI=1S/C18H20N2S/c1-18(2,3)15-11-21-17(20-15)16(19)14-9-8-12-6-4-5-7-13(12)10-14/h4-11,16H,19H2,1-3H3. The summed E-state index contributed by atoms with van der Waals surface area (Å²) >= 11 is 1.65. The molecule has 1 unspecified atom stereocenters. The van der Waals surface area contributed by atoms with Crippen LogP contribution < -0.4 is 5.73 Å². The summed E-state index contributed by atoms with van der Waals surface area (Å²) in [7, 11) is 0. The van der Waals surface area contributed by atoms with E-state index >= 15 is 0 Å². The molecule has 0 saturated carbocycles. The molecule has 2 N–H and O–H groups in total. The summed E-state index contributed by atoms with van der Waals surface area (Å²) in [6.45, 7) is 6.52. The van der Waals surface area contributed by atoms with Crippen molar-refractivity contribution in [3.63, 3.8) is 0 Å². The Morgan fingerprint density at radius 3 is 2.43 bits per heavy atom. The first-order valence-electron chi connectivity index (χ1n) is 7.15. The van der Waals surface area contributed by atoms with Gasteiger partial charge in [-0.2, -0.15) is 0 Å². The highest BCUT2D eigenvalue weighted by molar-refractivity contribution is 7.09. The van der Waals surface area contributed by atoms with E-state index < -0.39 is 0 Å². The molecule has 0 aliphatic rings. The topological polar surface area (TPSA) is 38.9 Å². The first-order valence-corrected chi connectivity index (χ1v) is 8.03. The van der Waals surface area contributed by atoms with Crippen LogP contribution in [0.15, 0.2) is 47.8 Å². The van der Waals surface area contributed by atoms with Crippen molar-refractivity contribution in [3.8, 4) is 0 Å². The summed E-state index contributed by atoms with van der Waals surface area (Å²) < 4.78 is 0. The molecule has 0 spiro atoms. The van der Waals surface area contributed by atoms with E-state index in [2.05, 4.69) is 68.6 Å². The quantitative estimate of drug-likeness (QED) is 0.748. The minimum atomic E-state index is -0.157. The second-order valence-corrected chi connectivity index (χ2v) is 7.29. The van der Waals surface area contributed by atoms with Crippen LogP contribution in [0, 0.1) is 0 Å². The van der Waals surface area contributed by atoms with Crippen molar-refractivity contribution in [2.24, 2.45) is 5.73 Å². The Hall–Kier alpha value is -1.71. The largest absolute Gasteiger partial charge is 0.318 e. The second-order valence-electron chi connectivity index (χ2n) is 6.41. The Morgan fingerprint density at radius 1 is 1.05 bits per heavy atom. The number of thiazole rings is 1. The minimum absolute atomic E-state index is 0.0673. The Labute approximate surface area is 129 Å². The molecule has 0 fully saturated rings. The second kappa shape index (κ2) is 5.24. The molecule has 3 aromatic rings. The molecule has 0 aliphatic carbocycles. The smallest absolute Gasteiger partial charge is 0.114 e. The summed E-state index contributed by atoms with van der Waals surface area (Å²) in [5.74, 6) is 0. The van der Waals surface area contributed by atoms with Crippen LogP contribution in [0.2, 0.25) is 0 Å². The van der Waals surface area contributed by atoms with Gasteiger partial charge in [0.1, 0.15) is 5.01 Å². The molecule has 0 amide bonds. The number of benzene rings is 2. The molecule has 2 aromatic carbocycles. The first kappa shape index (κ1) is 14.2. The number of nitrogens with zero attached hydrogens (tertiary/aromatic N) is 1. The van der Waals surface area contributed by atoms with Crippen LogP contribution >= 0.6 is 11.3 Å². The third-order valence-electron chi connectivity index (χ3n) is 3.69. The molecule has 1 heterocycles. The molecule has 3 heteroatoms. The van der Waals surface area contributed by atoms with Gasteiger partial charge in [0.15, 0.2) is 0 Å². The van der Waals surface area contributed by atoms with E-state index in [9.17, 15) is 0 Å². The van der Waals surface area contributed by atoms with Gasteiger partial charge in [0.2, 0.25) is 0 Å². The fourth-order valence-electron chi connectivity index (χ4n) is 2.32. The average Bonchev–Trinajstić information content (AvgIpc) is 2.96. The molecule has 1 atom stereocenters. The maximum Gasteiger partial charge on any atom is 0.114 e. The van der Waals surface area contributed by atoms with E-state index in [4.69, 9.17) is 10.7 Å². The lowest BCUT2D eigenvalue weighted by atomic mass is 9.93. The highest BCUT2D eigenvalue weighted by Crippen LogP contribution is 2.29. The van der Waals surface area contributed by atoms with E-state index in [1.807, 2.05) is 0 Å². The molecular formula is C18H20N2S. The van der Waals surface area contributed by atoms with Crippen molar-refractivity contribution in [2.75, 3.05) is 0 Å². The highest BCUT2D eigenvalue weighted by Gasteiger charge is 2.20. The maximum absolute atomic E-state index is 6.41. The molecule has 3 rings (SSSR count). The third kappa shape index (κ3) is 2.85. The van der Waals surface area contributed by atoms with E-state index in [0.717, 1.165) is 16.3 Å². The Kier molecular flexibility index (Phi) is 3.56. The number of aromatic nitrogens is 1. The van der Waals surface area contributed by atoms with Gasteiger partial charge in [-0.25, -0.2) is 4.98 Å².